The van der Waals surface area contributed by atoms with Crippen LogP contribution in [0.1, 0.15) is 23.2 Å². The maximum Gasteiger partial charge on any atom is 0.257 e. The Morgan fingerprint density at radius 3 is 2.89 bits per heavy atom. The molecule has 1 amide bonds. The van der Waals surface area contributed by atoms with Gasteiger partial charge in [0.2, 0.25) is 0 Å². The van der Waals surface area contributed by atoms with Gasteiger partial charge in [-0.1, -0.05) is 0 Å². The molecule has 19 heavy (non-hydrogen) atoms. The Hall–Kier alpha value is -1.95. The first-order chi connectivity index (χ1) is 9.29. The third-order valence-corrected chi connectivity index (χ3v) is 3.72. The molecule has 3 rings (SSSR count). The minimum Gasteiger partial charge on any atom is -0.396 e. The van der Waals surface area contributed by atoms with Gasteiger partial charge in [0.25, 0.3) is 5.91 Å². The molecule has 0 unspecified atom stereocenters. The van der Waals surface area contributed by atoms with E-state index in [2.05, 4.69) is 10.1 Å². The lowest BCUT2D eigenvalue weighted by Gasteiger charge is -2.30. The number of likely N-dealkylation sites (tertiary alicyclic amines) is 1. The molecule has 2 aromatic heterocycles. The smallest absolute Gasteiger partial charge is 0.257 e. The molecule has 0 atom stereocenters. The van der Waals surface area contributed by atoms with Crippen LogP contribution in [0.5, 0.6) is 0 Å². The molecule has 1 saturated heterocycles. The molecule has 100 valence electrons. The van der Waals surface area contributed by atoms with Crippen LogP contribution >= 0.6 is 0 Å². The predicted octanol–water partition coefficient (Wildman–Crippen LogP) is 0.574. The number of hydrogen-bond acceptors (Lipinski definition) is 4. The zero-order valence-corrected chi connectivity index (χ0v) is 10.6. The van der Waals surface area contributed by atoms with Crippen LogP contribution in [0, 0.1) is 5.92 Å². The number of hydrogen-bond donors (Lipinski definition) is 1. The largest absolute Gasteiger partial charge is 0.396 e. The average molecular weight is 260 g/mol. The molecule has 0 bridgehead atoms. The first-order valence-electron chi connectivity index (χ1n) is 6.47. The van der Waals surface area contributed by atoms with E-state index in [0.717, 1.165) is 18.4 Å². The zero-order chi connectivity index (χ0) is 13.2. The second kappa shape index (κ2) is 4.97. The summed E-state index contributed by atoms with van der Waals surface area (Å²) in [5, 5.41) is 13.3. The highest BCUT2D eigenvalue weighted by atomic mass is 16.3. The summed E-state index contributed by atoms with van der Waals surface area (Å²) in [6, 6.07) is 0. The Labute approximate surface area is 110 Å². The second-order valence-electron chi connectivity index (χ2n) is 4.88. The van der Waals surface area contributed by atoms with Crippen molar-refractivity contribution in [2.45, 2.75) is 12.8 Å². The molecule has 1 fully saturated rings. The van der Waals surface area contributed by atoms with E-state index in [4.69, 9.17) is 5.11 Å². The van der Waals surface area contributed by atoms with Crippen molar-refractivity contribution in [3.8, 4) is 0 Å². The maximum atomic E-state index is 12.5. The molecule has 0 spiro atoms. The van der Waals surface area contributed by atoms with Crippen LogP contribution in [0.25, 0.3) is 5.52 Å². The fraction of sp³-hybridized carbons (Fsp3) is 0.462. The van der Waals surface area contributed by atoms with Gasteiger partial charge in [0.1, 0.15) is 0 Å². The summed E-state index contributed by atoms with van der Waals surface area (Å²) in [7, 11) is 0. The van der Waals surface area contributed by atoms with Crippen molar-refractivity contribution in [2.24, 2.45) is 5.92 Å². The molecule has 6 nitrogen and oxygen atoms in total. The van der Waals surface area contributed by atoms with Crippen LogP contribution in [-0.4, -0.2) is 50.2 Å². The molecule has 6 heteroatoms. The van der Waals surface area contributed by atoms with Crippen LogP contribution in [0.2, 0.25) is 0 Å². The zero-order valence-electron chi connectivity index (χ0n) is 10.6. The molecule has 1 aliphatic rings. The molecule has 1 aliphatic heterocycles. The summed E-state index contributed by atoms with van der Waals surface area (Å²) in [4.78, 5) is 18.3. The van der Waals surface area contributed by atoms with E-state index >= 15 is 0 Å². The molecular formula is C13H16N4O2. The number of piperidine rings is 1. The van der Waals surface area contributed by atoms with Gasteiger partial charge in [-0.15, -0.1) is 0 Å². The quantitative estimate of drug-likeness (QED) is 0.857. The van der Waals surface area contributed by atoms with Gasteiger partial charge in [0.05, 0.1) is 23.5 Å². The third kappa shape index (κ3) is 2.19. The van der Waals surface area contributed by atoms with Gasteiger partial charge in [-0.05, 0) is 18.8 Å². The Kier molecular flexibility index (Phi) is 3.16. The number of carbonyl (C=O) groups excluding carboxylic acids is 1. The number of aromatic nitrogens is 3. The molecule has 0 aliphatic carbocycles. The number of rotatable bonds is 2. The highest BCUT2D eigenvalue weighted by Crippen LogP contribution is 2.19. The van der Waals surface area contributed by atoms with Crippen LogP contribution in [0.15, 0.2) is 24.8 Å². The average Bonchev–Trinajstić information content (AvgIpc) is 2.90. The van der Waals surface area contributed by atoms with Crippen molar-refractivity contribution in [3.05, 3.63) is 30.4 Å². The van der Waals surface area contributed by atoms with Crippen molar-refractivity contribution in [1.29, 1.82) is 0 Å². The number of aliphatic hydroxyl groups excluding tert-OH is 1. The highest BCUT2D eigenvalue weighted by Gasteiger charge is 2.25. The van der Waals surface area contributed by atoms with E-state index in [0.29, 0.717) is 24.6 Å². The van der Waals surface area contributed by atoms with Gasteiger partial charge in [-0.2, -0.15) is 5.10 Å². The summed E-state index contributed by atoms with van der Waals surface area (Å²) in [6.07, 6.45) is 8.34. The van der Waals surface area contributed by atoms with E-state index in [1.54, 1.807) is 29.3 Å². The number of amides is 1. The number of aliphatic hydroxyl groups is 1. The van der Waals surface area contributed by atoms with Crippen LogP contribution in [0.4, 0.5) is 0 Å². The Morgan fingerprint density at radius 2 is 2.16 bits per heavy atom. The van der Waals surface area contributed by atoms with Crippen molar-refractivity contribution in [1.82, 2.24) is 19.5 Å². The van der Waals surface area contributed by atoms with Crippen molar-refractivity contribution in [3.63, 3.8) is 0 Å². The third-order valence-electron chi connectivity index (χ3n) is 3.72. The van der Waals surface area contributed by atoms with E-state index in [9.17, 15) is 4.79 Å². The van der Waals surface area contributed by atoms with E-state index in [1.165, 1.54) is 0 Å². The van der Waals surface area contributed by atoms with Crippen LogP contribution < -0.4 is 0 Å². The lowest BCUT2D eigenvalue weighted by molar-refractivity contribution is 0.0652. The predicted molar refractivity (Wildman–Crippen MR) is 68.7 cm³/mol. The molecular weight excluding hydrogens is 244 g/mol. The van der Waals surface area contributed by atoms with Crippen molar-refractivity contribution in [2.75, 3.05) is 19.7 Å². The van der Waals surface area contributed by atoms with Gasteiger partial charge in [0.15, 0.2) is 0 Å². The normalized spacial score (nSPS) is 17.0. The summed E-state index contributed by atoms with van der Waals surface area (Å²) < 4.78 is 1.65. The highest BCUT2D eigenvalue weighted by molar-refractivity contribution is 6.00. The fourth-order valence-corrected chi connectivity index (χ4v) is 2.49. The van der Waals surface area contributed by atoms with Gasteiger partial charge >= 0.3 is 0 Å². The lowest BCUT2D eigenvalue weighted by Crippen LogP contribution is -2.39. The molecule has 1 N–H and O–H groups in total. The summed E-state index contributed by atoms with van der Waals surface area (Å²) in [5.41, 5.74) is 1.33. The summed E-state index contributed by atoms with van der Waals surface area (Å²) >= 11 is 0. The topological polar surface area (TPSA) is 70.7 Å². The molecule has 3 heterocycles. The number of nitrogens with zero attached hydrogens (tertiary/aromatic N) is 4. The Morgan fingerprint density at radius 1 is 1.37 bits per heavy atom. The minimum atomic E-state index is -0.000565. The van der Waals surface area contributed by atoms with Gasteiger partial charge < -0.3 is 10.0 Å². The molecule has 2 aromatic rings. The van der Waals surface area contributed by atoms with Crippen molar-refractivity contribution >= 4 is 11.4 Å². The standard InChI is InChI=1S/C13H16N4O2/c18-9-10-1-4-16(5-2-10)13(19)11-7-15-17-6-3-14-8-12(11)17/h3,6-8,10,18H,1-2,4-5,9H2. The first kappa shape index (κ1) is 12.1. The van der Waals surface area contributed by atoms with Crippen LogP contribution in [-0.2, 0) is 0 Å². The first-order valence-corrected chi connectivity index (χ1v) is 6.47. The van der Waals surface area contributed by atoms with E-state index < -0.39 is 0 Å². The molecule has 0 aromatic carbocycles. The monoisotopic (exact) mass is 260 g/mol. The fourth-order valence-electron chi connectivity index (χ4n) is 2.49. The summed E-state index contributed by atoms with van der Waals surface area (Å²) in [6.45, 7) is 1.60. The Bertz CT molecular complexity index is 587. The Balaban J connectivity index is 1.81. The maximum absolute atomic E-state index is 12.5. The SMILES string of the molecule is O=C(c1cnn2ccncc12)N1CCC(CO)CC1. The lowest BCUT2D eigenvalue weighted by atomic mass is 9.97. The van der Waals surface area contributed by atoms with E-state index in [1.807, 2.05) is 4.90 Å². The van der Waals surface area contributed by atoms with Crippen LogP contribution in [0.3, 0.4) is 0 Å². The minimum absolute atomic E-state index is 0.000565. The van der Waals surface area contributed by atoms with E-state index in [-0.39, 0.29) is 12.5 Å². The number of fused-ring (bicyclic) bond motifs is 1. The van der Waals surface area contributed by atoms with Gasteiger partial charge in [0, 0.05) is 32.1 Å². The summed E-state index contributed by atoms with van der Waals surface area (Å²) in [5.74, 6) is 0.328. The molecule has 0 saturated carbocycles. The number of carbonyl (C=O) groups is 1. The van der Waals surface area contributed by atoms with Gasteiger partial charge in [-0.25, -0.2) is 4.52 Å². The molecule has 0 radical (unpaired) electrons. The van der Waals surface area contributed by atoms with Gasteiger partial charge in [-0.3, -0.25) is 9.78 Å². The second-order valence-corrected chi connectivity index (χ2v) is 4.88. The van der Waals surface area contributed by atoms with Crippen molar-refractivity contribution < 1.29 is 9.90 Å².